The first kappa shape index (κ1) is 14.0. The van der Waals surface area contributed by atoms with Gasteiger partial charge in [0.05, 0.1) is 0 Å². The van der Waals surface area contributed by atoms with Gasteiger partial charge in [-0.2, -0.15) is 0 Å². The Hall–Kier alpha value is -1.46. The lowest BCUT2D eigenvalue weighted by molar-refractivity contribution is -0.123. The predicted octanol–water partition coefficient (Wildman–Crippen LogP) is 1.02. The van der Waals surface area contributed by atoms with Crippen LogP contribution in [-0.4, -0.2) is 30.4 Å². The quantitative estimate of drug-likeness (QED) is 0.854. The molecule has 0 saturated carbocycles. The van der Waals surface area contributed by atoms with Gasteiger partial charge in [-0.25, -0.2) is 4.39 Å². The van der Waals surface area contributed by atoms with E-state index < -0.39 is 0 Å². The van der Waals surface area contributed by atoms with E-state index in [0.717, 1.165) is 31.5 Å². The summed E-state index contributed by atoms with van der Waals surface area (Å²) in [5, 5.41) is 0. The number of nitrogens with two attached hydrogens (primary N) is 2. The first-order chi connectivity index (χ1) is 9.11. The Morgan fingerprint density at radius 1 is 1.42 bits per heavy atom. The highest BCUT2D eigenvalue weighted by atomic mass is 19.1. The zero-order valence-corrected chi connectivity index (χ0v) is 10.9. The number of nitrogens with zero attached hydrogens (tertiary/aromatic N) is 1. The molecule has 0 radical (unpaired) electrons. The second-order valence-corrected chi connectivity index (χ2v) is 5.02. The fourth-order valence-corrected chi connectivity index (χ4v) is 2.71. The second kappa shape index (κ2) is 6.12. The average molecular weight is 265 g/mol. The monoisotopic (exact) mass is 265 g/mol. The minimum atomic E-state index is -0.247. The Morgan fingerprint density at radius 2 is 2.11 bits per heavy atom. The van der Waals surface area contributed by atoms with Crippen molar-refractivity contribution in [3.8, 4) is 0 Å². The van der Waals surface area contributed by atoms with Crippen molar-refractivity contribution in [1.29, 1.82) is 0 Å². The van der Waals surface area contributed by atoms with Gasteiger partial charge in [0.1, 0.15) is 5.82 Å². The first-order valence-corrected chi connectivity index (χ1v) is 6.60. The lowest BCUT2D eigenvalue weighted by Crippen LogP contribution is -2.42. The van der Waals surface area contributed by atoms with E-state index in [1.165, 1.54) is 12.1 Å². The van der Waals surface area contributed by atoms with E-state index >= 15 is 0 Å². The number of hydrogen-bond donors (Lipinski definition) is 2. The van der Waals surface area contributed by atoms with Gasteiger partial charge in [0, 0.05) is 18.5 Å². The van der Waals surface area contributed by atoms with Crippen molar-refractivity contribution in [2.24, 2.45) is 17.4 Å². The van der Waals surface area contributed by atoms with Gasteiger partial charge in [0.25, 0.3) is 0 Å². The van der Waals surface area contributed by atoms with E-state index in [1.807, 2.05) is 6.07 Å². The van der Waals surface area contributed by atoms with Gasteiger partial charge in [-0.15, -0.1) is 0 Å². The summed E-state index contributed by atoms with van der Waals surface area (Å²) in [6.45, 7) is 1.97. The zero-order valence-electron chi connectivity index (χ0n) is 10.9. The molecule has 1 saturated heterocycles. The molecule has 1 fully saturated rings. The maximum Gasteiger partial charge on any atom is 0.220 e. The molecule has 1 aromatic carbocycles. The summed E-state index contributed by atoms with van der Waals surface area (Å²) >= 11 is 0. The van der Waals surface area contributed by atoms with E-state index in [0.29, 0.717) is 6.54 Å². The number of hydrogen-bond acceptors (Lipinski definition) is 3. The summed E-state index contributed by atoms with van der Waals surface area (Å²) in [7, 11) is 0. The van der Waals surface area contributed by atoms with Crippen molar-refractivity contribution < 1.29 is 9.18 Å². The molecule has 1 atom stereocenters. The van der Waals surface area contributed by atoms with Crippen LogP contribution in [0.3, 0.4) is 0 Å². The number of piperidine rings is 1. The third-order valence-electron chi connectivity index (χ3n) is 3.83. The number of likely N-dealkylation sites (tertiary alicyclic amines) is 1. The molecular weight excluding hydrogens is 245 g/mol. The molecule has 1 amide bonds. The lowest BCUT2D eigenvalue weighted by atomic mass is 9.93. The van der Waals surface area contributed by atoms with Crippen LogP contribution in [0.2, 0.25) is 0 Å². The minimum absolute atomic E-state index is 0.00419. The standard InChI is InChI=1S/C14H20FN3O/c15-12-3-1-2-11(8-12)13(9-16)18-6-4-10(5-7-18)14(17)19/h1-3,8,10,13H,4-7,9,16H2,(H2,17,19). The highest BCUT2D eigenvalue weighted by molar-refractivity contribution is 5.76. The van der Waals surface area contributed by atoms with Gasteiger partial charge in [-0.1, -0.05) is 12.1 Å². The Bertz CT molecular complexity index is 444. The summed E-state index contributed by atoms with van der Waals surface area (Å²) in [4.78, 5) is 13.3. The molecule has 0 bridgehead atoms. The Morgan fingerprint density at radius 3 is 2.63 bits per heavy atom. The van der Waals surface area contributed by atoms with Crippen molar-refractivity contribution in [1.82, 2.24) is 4.90 Å². The largest absolute Gasteiger partial charge is 0.369 e. The molecule has 5 heteroatoms. The maximum atomic E-state index is 13.3. The van der Waals surface area contributed by atoms with Crippen LogP contribution in [0.1, 0.15) is 24.4 Å². The van der Waals surface area contributed by atoms with Crippen molar-refractivity contribution in [2.45, 2.75) is 18.9 Å². The van der Waals surface area contributed by atoms with Crippen molar-refractivity contribution in [3.05, 3.63) is 35.6 Å². The van der Waals surface area contributed by atoms with E-state index in [2.05, 4.69) is 4.90 Å². The highest BCUT2D eigenvalue weighted by Crippen LogP contribution is 2.26. The number of carbonyl (C=O) groups excluding carboxylic acids is 1. The Kier molecular flexibility index (Phi) is 4.50. The van der Waals surface area contributed by atoms with Crippen LogP contribution in [0, 0.1) is 11.7 Å². The van der Waals surface area contributed by atoms with E-state index in [4.69, 9.17) is 11.5 Å². The second-order valence-electron chi connectivity index (χ2n) is 5.02. The fourth-order valence-electron chi connectivity index (χ4n) is 2.71. The summed E-state index contributed by atoms with van der Waals surface area (Å²) in [5.41, 5.74) is 12.0. The van der Waals surface area contributed by atoms with Crippen LogP contribution in [0.4, 0.5) is 4.39 Å². The lowest BCUT2D eigenvalue weighted by Gasteiger charge is -2.36. The maximum absolute atomic E-state index is 13.3. The summed E-state index contributed by atoms with van der Waals surface area (Å²) in [6, 6.07) is 6.54. The molecule has 19 heavy (non-hydrogen) atoms. The van der Waals surface area contributed by atoms with Gasteiger partial charge in [0.15, 0.2) is 0 Å². The fraction of sp³-hybridized carbons (Fsp3) is 0.500. The molecule has 1 heterocycles. The molecule has 1 aliphatic heterocycles. The molecule has 0 spiro atoms. The molecule has 2 rings (SSSR count). The van der Waals surface area contributed by atoms with E-state index in [1.54, 1.807) is 6.07 Å². The first-order valence-electron chi connectivity index (χ1n) is 6.60. The highest BCUT2D eigenvalue weighted by Gasteiger charge is 2.27. The van der Waals surface area contributed by atoms with Crippen molar-refractivity contribution in [2.75, 3.05) is 19.6 Å². The Balaban J connectivity index is 2.05. The van der Waals surface area contributed by atoms with Crippen LogP contribution in [0.15, 0.2) is 24.3 Å². The van der Waals surface area contributed by atoms with Crippen molar-refractivity contribution >= 4 is 5.91 Å². The van der Waals surface area contributed by atoms with Crippen molar-refractivity contribution in [3.63, 3.8) is 0 Å². The number of benzene rings is 1. The molecule has 104 valence electrons. The van der Waals surface area contributed by atoms with Crippen LogP contribution < -0.4 is 11.5 Å². The van der Waals surface area contributed by atoms with E-state index in [-0.39, 0.29) is 23.7 Å². The Labute approximate surface area is 112 Å². The van der Waals surface area contributed by atoms with Gasteiger partial charge >= 0.3 is 0 Å². The van der Waals surface area contributed by atoms with Gasteiger partial charge in [-0.3, -0.25) is 9.69 Å². The van der Waals surface area contributed by atoms with E-state index in [9.17, 15) is 9.18 Å². The molecule has 1 unspecified atom stereocenters. The van der Waals surface area contributed by atoms with Crippen LogP contribution in [0.25, 0.3) is 0 Å². The number of halogens is 1. The molecule has 4 N–H and O–H groups in total. The molecule has 1 aliphatic rings. The minimum Gasteiger partial charge on any atom is -0.369 e. The molecular formula is C14H20FN3O. The topological polar surface area (TPSA) is 72.3 Å². The van der Waals surface area contributed by atoms with Crippen LogP contribution in [-0.2, 0) is 4.79 Å². The SMILES string of the molecule is NCC(c1cccc(F)c1)N1CCC(C(N)=O)CC1. The zero-order chi connectivity index (χ0) is 13.8. The molecule has 1 aromatic rings. The molecule has 0 aliphatic carbocycles. The molecule has 4 nitrogen and oxygen atoms in total. The summed E-state index contributed by atoms with van der Waals surface area (Å²) in [5.74, 6) is -0.514. The number of rotatable bonds is 4. The average Bonchev–Trinajstić information content (AvgIpc) is 2.40. The van der Waals surface area contributed by atoms with Gasteiger partial charge in [0.2, 0.25) is 5.91 Å². The predicted molar refractivity (Wildman–Crippen MR) is 71.7 cm³/mol. The summed E-state index contributed by atoms with van der Waals surface area (Å²) < 4.78 is 13.3. The summed E-state index contributed by atoms with van der Waals surface area (Å²) in [6.07, 6.45) is 1.50. The number of amides is 1. The molecule has 0 aromatic heterocycles. The third kappa shape index (κ3) is 3.30. The van der Waals surface area contributed by atoms with Gasteiger partial charge < -0.3 is 11.5 Å². The number of carbonyl (C=O) groups is 1. The van der Waals surface area contributed by atoms with Gasteiger partial charge in [-0.05, 0) is 43.6 Å². The number of primary amides is 1. The normalized spacial score (nSPS) is 19.3. The smallest absolute Gasteiger partial charge is 0.220 e. The third-order valence-corrected chi connectivity index (χ3v) is 3.83. The van der Waals surface area contributed by atoms with Crippen LogP contribution in [0.5, 0.6) is 0 Å². The van der Waals surface area contributed by atoms with Crippen LogP contribution >= 0.6 is 0 Å².